The topological polar surface area (TPSA) is 20.3 Å². The molecule has 0 radical (unpaired) electrons. The van der Waals surface area contributed by atoms with E-state index in [9.17, 15) is 4.79 Å². The van der Waals surface area contributed by atoms with Crippen LogP contribution in [0, 0.1) is 5.92 Å². The number of anilines is 2. The zero-order valence-corrected chi connectivity index (χ0v) is 18.7. The summed E-state index contributed by atoms with van der Waals surface area (Å²) in [6, 6.07) is 30.5. The van der Waals surface area contributed by atoms with Gasteiger partial charge in [0.25, 0.3) is 0 Å². The van der Waals surface area contributed by atoms with Gasteiger partial charge < -0.3 is 0 Å². The Bertz CT molecular complexity index is 837. The molecule has 1 atom stereocenters. The van der Waals surface area contributed by atoms with Gasteiger partial charge in [-0.25, -0.2) is 0 Å². The minimum absolute atomic E-state index is 0.0333. The van der Waals surface area contributed by atoms with E-state index in [1.807, 2.05) is 71.6 Å². The zero-order valence-electron chi connectivity index (χ0n) is 18.7. The van der Waals surface area contributed by atoms with Crippen LogP contribution in [0.1, 0.15) is 57.4 Å². The van der Waals surface area contributed by atoms with Crippen LogP contribution in [0.25, 0.3) is 0 Å². The van der Waals surface area contributed by atoms with Crippen molar-refractivity contribution in [3.8, 4) is 0 Å². The second kappa shape index (κ2) is 12.7. The molecule has 0 fully saturated rings. The van der Waals surface area contributed by atoms with E-state index in [2.05, 4.69) is 31.2 Å². The van der Waals surface area contributed by atoms with Crippen molar-refractivity contribution in [3.05, 3.63) is 96.6 Å². The van der Waals surface area contributed by atoms with Crippen molar-refractivity contribution in [1.82, 2.24) is 0 Å². The number of nitrogens with zero attached hydrogens (tertiary/aromatic N) is 1. The third-order valence-electron chi connectivity index (χ3n) is 5.83. The fourth-order valence-corrected chi connectivity index (χ4v) is 4.12. The first kappa shape index (κ1) is 22.8. The number of hydrogen-bond acceptors (Lipinski definition) is 1. The quantitative estimate of drug-likeness (QED) is 0.276. The first-order valence-corrected chi connectivity index (χ1v) is 11.8. The predicted octanol–water partition coefficient (Wildman–Crippen LogP) is 7.96. The maximum Gasteiger partial charge on any atom is 0.234 e. The largest absolute Gasteiger partial charge is 0.281 e. The van der Waals surface area contributed by atoms with Gasteiger partial charge in [-0.1, -0.05) is 112 Å². The molecule has 0 aliphatic rings. The number of unbranched alkanes of at least 4 members (excludes halogenated alkanes) is 5. The molecule has 0 N–H and O–H groups in total. The SMILES string of the molecule is CCCCCCCC[C@@H](Cc1ccccc1)C(=O)N(c1ccccc1)c1ccccc1. The molecule has 2 heteroatoms. The maximum atomic E-state index is 13.9. The first-order chi connectivity index (χ1) is 15.3. The summed E-state index contributed by atoms with van der Waals surface area (Å²) in [7, 11) is 0. The number of benzene rings is 3. The van der Waals surface area contributed by atoms with Crippen LogP contribution in [0.3, 0.4) is 0 Å². The fraction of sp³-hybridized carbons (Fsp3) is 0.345. The second-order valence-electron chi connectivity index (χ2n) is 8.29. The van der Waals surface area contributed by atoms with E-state index in [1.54, 1.807) is 0 Å². The third-order valence-corrected chi connectivity index (χ3v) is 5.83. The van der Waals surface area contributed by atoms with Crippen LogP contribution in [0.2, 0.25) is 0 Å². The Morgan fingerprint density at radius 3 is 1.71 bits per heavy atom. The van der Waals surface area contributed by atoms with E-state index >= 15 is 0 Å². The summed E-state index contributed by atoms with van der Waals surface area (Å²) in [5, 5.41) is 0. The van der Waals surface area contributed by atoms with Crippen LogP contribution in [0.4, 0.5) is 11.4 Å². The molecule has 2 nitrogen and oxygen atoms in total. The Labute approximate surface area is 187 Å². The lowest BCUT2D eigenvalue weighted by Gasteiger charge is -2.28. The van der Waals surface area contributed by atoms with Crippen LogP contribution >= 0.6 is 0 Å². The van der Waals surface area contributed by atoms with Gasteiger partial charge in [0.15, 0.2) is 0 Å². The summed E-state index contributed by atoms with van der Waals surface area (Å²) in [5.74, 6) is 0.156. The molecule has 0 saturated heterocycles. The monoisotopic (exact) mass is 413 g/mol. The number of para-hydroxylation sites is 2. The lowest BCUT2D eigenvalue weighted by Crippen LogP contribution is -2.33. The van der Waals surface area contributed by atoms with Crippen LogP contribution in [0.15, 0.2) is 91.0 Å². The Morgan fingerprint density at radius 2 is 1.16 bits per heavy atom. The zero-order chi connectivity index (χ0) is 21.7. The highest BCUT2D eigenvalue weighted by Gasteiger charge is 2.26. The summed E-state index contributed by atoms with van der Waals surface area (Å²) in [5.41, 5.74) is 3.09. The van der Waals surface area contributed by atoms with Crippen LogP contribution in [-0.4, -0.2) is 5.91 Å². The van der Waals surface area contributed by atoms with Crippen LogP contribution in [0.5, 0.6) is 0 Å². The van der Waals surface area contributed by atoms with Crippen molar-refractivity contribution < 1.29 is 4.79 Å². The number of carbonyl (C=O) groups is 1. The van der Waals surface area contributed by atoms with Gasteiger partial charge in [0.1, 0.15) is 0 Å². The molecule has 0 aromatic heterocycles. The summed E-state index contributed by atoms with van der Waals surface area (Å²) >= 11 is 0. The van der Waals surface area contributed by atoms with E-state index < -0.39 is 0 Å². The Hall–Kier alpha value is -2.87. The van der Waals surface area contributed by atoms with Crippen molar-refractivity contribution in [3.63, 3.8) is 0 Å². The van der Waals surface area contributed by atoms with Gasteiger partial charge in [-0.15, -0.1) is 0 Å². The minimum atomic E-state index is -0.0333. The van der Waals surface area contributed by atoms with E-state index in [4.69, 9.17) is 0 Å². The van der Waals surface area contributed by atoms with E-state index in [0.717, 1.165) is 30.6 Å². The van der Waals surface area contributed by atoms with Crippen molar-refractivity contribution >= 4 is 17.3 Å². The highest BCUT2D eigenvalue weighted by atomic mass is 16.2. The molecule has 0 unspecified atom stereocenters. The van der Waals surface area contributed by atoms with Crippen molar-refractivity contribution in [1.29, 1.82) is 0 Å². The summed E-state index contributed by atoms with van der Waals surface area (Å²) in [6.07, 6.45) is 9.15. The Kier molecular flexibility index (Phi) is 9.37. The lowest BCUT2D eigenvalue weighted by molar-refractivity contribution is -0.121. The molecular weight excluding hydrogens is 378 g/mol. The molecule has 31 heavy (non-hydrogen) atoms. The van der Waals surface area contributed by atoms with Crippen LogP contribution < -0.4 is 4.90 Å². The first-order valence-electron chi connectivity index (χ1n) is 11.8. The maximum absolute atomic E-state index is 13.9. The molecule has 1 amide bonds. The van der Waals surface area contributed by atoms with Gasteiger partial charge in [-0.2, -0.15) is 0 Å². The van der Waals surface area contributed by atoms with Gasteiger partial charge in [0, 0.05) is 17.3 Å². The summed E-state index contributed by atoms with van der Waals surface area (Å²) in [6.45, 7) is 2.25. The molecular formula is C29H35NO. The molecule has 0 bridgehead atoms. The number of carbonyl (C=O) groups excluding carboxylic acids is 1. The molecule has 3 aromatic rings. The lowest BCUT2D eigenvalue weighted by atomic mass is 9.91. The summed E-state index contributed by atoms with van der Waals surface area (Å²) in [4.78, 5) is 15.8. The average molecular weight is 414 g/mol. The van der Waals surface area contributed by atoms with Gasteiger partial charge in [-0.3, -0.25) is 9.69 Å². The van der Waals surface area contributed by atoms with Crippen molar-refractivity contribution in [2.75, 3.05) is 4.90 Å². The molecule has 0 saturated carbocycles. The molecule has 162 valence electrons. The average Bonchev–Trinajstić information content (AvgIpc) is 2.82. The smallest absolute Gasteiger partial charge is 0.234 e. The van der Waals surface area contributed by atoms with E-state index in [0.29, 0.717) is 0 Å². The van der Waals surface area contributed by atoms with Gasteiger partial charge in [0.05, 0.1) is 0 Å². The predicted molar refractivity (Wildman–Crippen MR) is 132 cm³/mol. The van der Waals surface area contributed by atoms with Gasteiger partial charge >= 0.3 is 0 Å². The van der Waals surface area contributed by atoms with E-state index in [1.165, 1.54) is 37.7 Å². The highest BCUT2D eigenvalue weighted by Crippen LogP contribution is 2.30. The molecule has 3 rings (SSSR count). The molecule has 0 spiro atoms. The minimum Gasteiger partial charge on any atom is -0.281 e. The highest BCUT2D eigenvalue weighted by molar-refractivity contribution is 6.01. The molecule has 0 heterocycles. The molecule has 0 aliphatic carbocycles. The normalized spacial score (nSPS) is 11.8. The number of amides is 1. The van der Waals surface area contributed by atoms with Gasteiger partial charge in [-0.05, 0) is 42.7 Å². The van der Waals surface area contributed by atoms with E-state index in [-0.39, 0.29) is 11.8 Å². The standard InChI is InChI=1S/C29H35NO/c1-2-3-4-5-6-12-19-26(24-25-17-10-7-11-18-25)29(31)30(27-20-13-8-14-21-27)28-22-15-9-16-23-28/h7-11,13-18,20-23,26H,2-6,12,19,24H2,1H3/t26-/m0/s1. The molecule has 3 aromatic carbocycles. The van der Waals surface area contributed by atoms with Crippen LogP contribution in [-0.2, 0) is 11.2 Å². The third kappa shape index (κ3) is 7.10. The number of hydrogen-bond donors (Lipinski definition) is 0. The number of rotatable bonds is 12. The fourth-order valence-electron chi connectivity index (χ4n) is 4.12. The summed E-state index contributed by atoms with van der Waals surface area (Å²) < 4.78 is 0. The second-order valence-corrected chi connectivity index (χ2v) is 8.29. The Balaban J connectivity index is 1.81. The Morgan fingerprint density at radius 1 is 0.677 bits per heavy atom. The van der Waals surface area contributed by atoms with Crippen molar-refractivity contribution in [2.45, 2.75) is 58.3 Å². The van der Waals surface area contributed by atoms with Gasteiger partial charge in [0.2, 0.25) is 5.91 Å². The van der Waals surface area contributed by atoms with Crippen molar-refractivity contribution in [2.24, 2.45) is 5.92 Å². The molecule has 0 aliphatic heterocycles.